The van der Waals surface area contributed by atoms with Crippen molar-refractivity contribution in [3.8, 4) is 0 Å². The van der Waals surface area contributed by atoms with E-state index in [2.05, 4.69) is 4.74 Å². The summed E-state index contributed by atoms with van der Waals surface area (Å²) in [6.45, 7) is 1.44. The van der Waals surface area contributed by atoms with Gasteiger partial charge in [0, 0.05) is 5.92 Å². The minimum Gasteiger partial charge on any atom is -0.467 e. The highest BCUT2D eigenvalue weighted by molar-refractivity contribution is 5.78. The molecule has 58 valence electrons. The first-order valence-corrected chi connectivity index (χ1v) is 2.84. The summed E-state index contributed by atoms with van der Waals surface area (Å²) in [5.74, 6) is -1.48. The van der Waals surface area contributed by atoms with Gasteiger partial charge in [0.1, 0.15) is 6.29 Å². The van der Waals surface area contributed by atoms with Crippen LogP contribution < -0.4 is 0 Å². The molecule has 0 aromatic heterocycles. The number of carbonyl (C=O) groups is 2. The summed E-state index contributed by atoms with van der Waals surface area (Å²) < 4.78 is 4.19. The smallest absolute Gasteiger partial charge is 0.335 e. The maximum Gasteiger partial charge on any atom is 0.335 e. The van der Waals surface area contributed by atoms with Crippen LogP contribution in [-0.2, 0) is 14.3 Å². The van der Waals surface area contributed by atoms with Gasteiger partial charge in [0.2, 0.25) is 0 Å². The lowest BCUT2D eigenvalue weighted by molar-refractivity contribution is -0.154. The summed E-state index contributed by atoms with van der Waals surface area (Å²) in [6.07, 6.45) is -0.829. The summed E-state index contributed by atoms with van der Waals surface area (Å²) in [5, 5.41) is 8.88. The summed E-state index contributed by atoms with van der Waals surface area (Å²) in [7, 11) is 1.16. The molecule has 0 spiro atoms. The molecular formula is C6H10O4. The molecule has 0 radical (unpaired) electrons. The molecule has 0 saturated heterocycles. The van der Waals surface area contributed by atoms with Crippen molar-refractivity contribution in [2.75, 3.05) is 7.11 Å². The number of methoxy groups -OCH3 is 1. The minimum atomic E-state index is -1.33. The third kappa shape index (κ3) is 2.14. The van der Waals surface area contributed by atoms with Crippen LogP contribution in [0.2, 0.25) is 0 Å². The van der Waals surface area contributed by atoms with Crippen LogP contribution in [0.25, 0.3) is 0 Å². The van der Waals surface area contributed by atoms with Gasteiger partial charge >= 0.3 is 5.97 Å². The van der Waals surface area contributed by atoms with E-state index in [0.29, 0.717) is 6.29 Å². The molecule has 10 heavy (non-hydrogen) atoms. The van der Waals surface area contributed by atoms with Crippen LogP contribution in [0, 0.1) is 5.92 Å². The normalized spacial score (nSPS) is 15.5. The second-order valence-corrected chi connectivity index (χ2v) is 1.96. The second kappa shape index (κ2) is 4.00. The van der Waals surface area contributed by atoms with Gasteiger partial charge in [0.25, 0.3) is 0 Å². The Labute approximate surface area is 58.8 Å². The molecule has 4 nitrogen and oxygen atoms in total. The number of esters is 1. The molecule has 0 fully saturated rings. The average Bonchev–Trinajstić information content (AvgIpc) is 2.00. The molecule has 2 atom stereocenters. The van der Waals surface area contributed by atoms with Gasteiger partial charge in [-0.1, -0.05) is 6.92 Å². The van der Waals surface area contributed by atoms with Crippen LogP contribution in [0.4, 0.5) is 0 Å². The quantitative estimate of drug-likeness (QED) is 0.424. The van der Waals surface area contributed by atoms with E-state index in [-0.39, 0.29) is 0 Å². The molecule has 0 bridgehead atoms. The lowest BCUT2D eigenvalue weighted by Crippen LogP contribution is -2.29. The fraction of sp³-hybridized carbons (Fsp3) is 0.667. The largest absolute Gasteiger partial charge is 0.467 e. The van der Waals surface area contributed by atoms with Gasteiger partial charge in [0.05, 0.1) is 7.11 Å². The van der Waals surface area contributed by atoms with Crippen molar-refractivity contribution >= 4 is 12.3 Å². The van der Waals surface area contributed by atoms with Gasteiger partial charge in [-0.15, -0.1) is 0 Å². The first-order valence-electron chi connectivity index (χ1n) is 2.84. The number of carbonyl (C=O) groups excluding carboxylic acids is 2. The molecule has 0 saturated carbocycles. The van der Waals surface area contributed by atoms with E-state index in [9.17, 15) is 9.59 Å². The van der Waals surface area contributed by atoms with E-state index in [0.717, 1.165) is 7.11 Å². The van der Waals surface area contributed by atoms with Gasteiger partial charge in [-0.2, -0.15) is 0 Å². The third-order valence-corrected chi connectivity index (χ3v) is 1.16. The van der Waals surface area contributed by atoms with E-state index in [4.69, 9.17) is 5.11 Å². The van der Waals surface area contributed by atoms with Crippen LogP contribution in [0.3, 0.4) is 0 Å². The lowest BCUT2D eigenvalue weighted by Gasteiger charge is -2.09. The number of rotatable bonds is 3. The third-order valence-electron chi connectivity index (χ3n) is 1.16. The van der Waals surface area contributed by atoms with Gasteiger partial charge in [0.15, 0.2) is 6.10 Å². The molecule has 0 aliphatic rings. The van der Waals surface area contributed by atoms with Crippen molar-refractivity contribution in [2.24, 2.45) is 5.92 Å². The van der Waals surface area contributed by atoms with Crippen molar-refractivity contribution in [3.05, 3.63) is 0 Å². The highest BCUT2D eigenvalue weighted by Gasteiger charge is 2.21. The first kappa shape index (κ1) is 9.10. The van der Waals surface area contributed by atoms with E-state index < -0.39 is 18.0 Å². The fourth-order valence-electron chi connectivity index (χ4n) is 0.410. The van der Waals surface area contributed by atoms with Gasteiger partial charge in [-0.3, -0.25) is 0 Å². The standard InChI is InChI=1S/C6H10O4/c1-4(3-7)5(8)6(9)10-2/h3-5,8H,1-2H3. The number of aliphatic hydroxyl groups is 1. The zero-order chi connectivity index (χ0) is 8.15. The van der Waals surface area contributed by atoms with E-state index in [1.807, 2.05) is 0 Å². The molecule has 1 N–H and O–H groups in total. The second-order valence-electron chi connectivity index (χ2n) is 1.96. The van der Waals surface area contributed by atoms with Crippen molar-refractivity contribution < 1.29 is 19.4 Å². The number of aldehydes is 1. The van der Waals surface area contributed by atoms with Gasteiger partial charge < -0.3 is 14.6 Å². The molecule has 0 amide bonds. The molecule has 0 aromatic rings. The molecule has 2 unspecified atom stereocenters. The Morgan fingerprint density at radius 2 is 2.20 bits per heavy atom. The zero-order valence-corrected chi connectivity index (χ0v) is 5.90. The molecule has 0 heterocycles. The maximum absolute atomic E-state index is 10.5. The summed E-state index contributed by atoms with van der Waals surface area (Å²) in [5.41, 5.74) is 0. The lowest BCUT2D eigenvalue weighted by atomic mass is 10.1. The van der Waals surface area contributed by atoms with E-state index in [1.54, 1.807) is 0 Å². The Kier molecular flexibility index (Phi) is 3.64. The summed E-state index contributed by atoms with van der Waals surface area (Å²) in [4.78, 5) is 20.5. The molecule has 0 rings (SSSR count). The predicted octanol–water partition coefficient (Wildman–Crippen LogP) is -0.645. The average molecular weight is 146 g/mol. The van der Waals surface area contributed by atoms with Crippen LogP contribution in [0.1, 0.15) is 6.92 Å². The Hall–Kier alpha value is -0.900. The number of hydrogen-bond donors (Lipinski definition) is 1. The monoisotopic (exact) mass is 146 g/mol. The van der Waals surface area contributed by atoms with Crippen LogP contribution >= 0.6 is 0 Å². The number of aliphatic hydroxyl groups excluding tert-OH is 1. The van der Waals surface area contributed by atoms with Gasteiger partial charge in [-0.05, 0) is 0 Å². The minimum absolute atomic E-state index is 0.502. The fourth-order valence-corrected chi connectivity index (χ4v) is 0.410. The highest BCUT2D eigenvalue weighted by Crippen LogP contribution is 1.99. The Balaban J connectivity index is 3.93. The van der Waals surface area contributed by atoms with E-state index in [1.165, 1.54) is 6.92 Å². The highest BCUT2D eigenvalue weighted by atomic mass is 16.5. The molecule has 0 aliphatic carbocycles. The van der Waals surface area contributed by atoms with Crippen LogP contribution in [0.5, 0.6) is 0 Å². The zero-order valence-electron chi connectivity index (χ0n) is 5.90. The SMILES string of the molecule is COC(=O)C(O)C(C)C=O. The summed E-state index contributed by atoms with van der Waals surface area (Å²) in [6, 6.07) is 0. The molecule has 4 heteroatoms. The molecule has 0 aromatic carbocycles. The summed E-state index contributed by atoms with van der Waals surface area (Å²) >= 11 is 0. The van der Waals surface area contributed by atoms with Crippen molar-refractivity contribution in [1.29, 1.82) is 0 Å². The van der Waals surface area contributed by atoms with Crippen molar-refractivity contribution in [2.45, 2.75) is 13.0 Å². The Morgan fingerprint density at radius 3 is 2.50 bits per heavy atom. The van der Waals surface area contributed by atoms with Crippen LogP contribution in [-0.4, -0.2) is 30.6 Å². The molecule has 0 aliphatic heterocycles. The Morgan fingerprint density at radius 1 is 1.70 bits per heavy atom. The first-order chi connectivity index (χ1) is 4.63. The van der Waals surface area contributed by atoms with Crippen molar-refractivity contribution in [3.63, 3.8) is 0 Å². The maximum atomic E-state index is 10.5. The van der Waals surface area contributed by atoms with E-state index >= 15 is 0 Å². The topological polar surface area (TPSA) is 63.6 Å². The predicted molar refractivity (Wildman–Crippen MR) is 33.3 cm³/mol. The number of ether oxygens (including phenoxy) is 1. The molecular weight excluding hydrogens is 136 g/mol. The van der Waals surface area contributed by atoms with Crippen molar-refractivity contribution in [1.82, 2.24) is 0 Å². The Bertz CT molecular complexity index is 132. The van der Waals surface area contributed by atoms with Gasteiger partial charge in [-0.25, -0.2) is 4.79 Å². The van der Waals surface area contributed by atoms with Crippen LogP contribution in [0.15, 0.2) is 0 Å². The number of hydrogen-bond acceptors (Lipinski definition) is 4.